The standard InChI is InChI=1S/C37H50ClN5O6/c1-36(2,3)31(41-32(45)26-17-25(26)22-9-6-5-7-10-22)35(48)43-20-37(18-28(42-49-37)23-11-8-12-24(38)16-23)19-29(43)33(46)40-27(15-21-13-14-21)30(44)34(47)39-4/h8,11-12,16,21-22,25-27,29,31H,5-7,9-10,13-15,17-20H2,1-4H3,(H,39,47)(H,40,46)(H,41,45)/t25-,26?,27+,29+,31-,37-/m1/s1. The third-order valence-electron chi connectivity index (χ3n) is 11.2. The van der Waals surface area contributed by atoms with Gasteiger partial charge in [-0.3, -0.25) is 24.0 Å². The van der Waals surface area contributed by atoms with Gasteiger partial charge in [0.15, 0.2) is 5.60 Å². The van der Waals surface area contributed by atoms with Gasteiger partial charge in [0, 0.05) is 36.4 Å². The van der Waals surface area contributed by atoms with Crippen LogP contribution in [0.25, 0.3) is 0 Å². The molecule has 4 amide bonds. The molecule has 0 bridgehead atoms. The number of halogens is 1. The maximum Gasteiger partial charge on any atom is 0.289 e. The number of rotatable bonds is 11. The summed E-state index contributed by atoms with van der Waals surface area (Å²) in [5, 5.41) is 13.2. The lowest BCUT2D eigenvalue weighted by Crippen LogP contribution is -2.59. The molecule has 12 heteroatoms. The van der Waals surface area contributed by atoms with Crippen LogP contribution in [0.1, 0.15) is 97.0 Å². The highest BCUT2D eigenvalue weighted by Gasteiger charge is 2.56. The first-order valence-corrected chi connectivity index (χ1v) is 18.3. The highest BCUT2D eigenvalue weighted by atomic mass is 35.5. The molecule has 6 atom stereocenters. The predicted octanol–water partition coefficient (Wildman–Crippen LogP) is 4.15. The molecule has 1 spiro atoms. The summed E-state index contributed by atoms with van der Waals surface area (Å²) in [6.45, 7) is 5.78. The number of likely N-dealkylation sites (tertiary alicyclic amines) is 1. The summed E-state index contributed by atoms with van der Waals surface area (Å²) >= 11 is 6.26. The topological polar surface area (TPSA) is 146 Å². The van der Waals surface area contributed by atoms with Gasteiger partial charge in [-0.2, -0.15) is 0 Å². The number of likely N-dealkylation sites (N-methyl/N-ethyl adjacent to an activating group) is 1. The minimum atomic E-state index is -1.02. The largest absolute Gasteiger partial charge is 0.387 e. The van der Waals surface area contributed by atoms with E-state index in [4.69, 9.17) is 16.4 Å². The van der Waals surface area contributed by atoms with Crippen LogP contribution in [-0.2, 0) is 28.8 Å². The van der Waals surface area contributed by atoms with Gasteiger partial charge in [-0.1, -0.05) is 94.6 Å². The fourth-order valence-corrected chi connectivity index (χ4v) is 8.27. The first-order valence-electron chi connectivity index (χ1n) is 18.0. The van der Waals surface area contributed by atoms with Gasteiger partial charge in [-0.25, -0.2) is 0 Å². The number of hydrogen-bond acceptors (Lipinski definition) is 7. The Kier molecular flexibility index (Phi) is 10.1. The minimum Gasteiger partial charge on any atom is -0.387 e. The zero-order valence-electron chi connectivity index (χ0n) is 29.1. The quantitative estimate of drug-likeness (QED) is 0.297. The number of carbonyl (C=O) groups excluding carboxylic acids is 5. The molecule has 3 N–H and O–H groups in total. The van der Waals surface area contributed by atoms with Gasteiger partial charge >= 0.3 is 0 Å². The fraction of sp³-hybridized carbons (Fsp3) is 0.676. The molecule has 3 saturated carbocycles. The molecular formula is C37H50ClN5O6. The van der Waals surface area contributed by atoms with Crippen molar-refractivity contribution in [2.75, 3.05) is 13.6 Å². The van der Waals surface area contributed by atoms with E-state index in [0.717, 1.165) is 37.7 Å². The normalized spacial score (nSPS) is 27.9. The van der Waals surface area contributed by atoms with E-state index < -0.39 is 46.7 Å². The SMILES string of the molecule is CNC(=O)C(=O)[C@H](CC1CC1)NC(=O)[C@@H]1C[C@]2(CC(c3cccc(Cl)c3)=NO2)CN1C(=O)[C@@H](NC(=O)C1C[C@@H]1C1CCCCC1)C(C)(C)C. The molecule has 3 aliphatic carbocycles. The molecule has 4 fully saturated rings. The van der Waals surface area contributed by atoms with Crippen LogP contribution in [0.15, 0.2) is 29.4 Å². The maximum absolute atomic E-state index is 14.7. The highest BCUT2D eigenvalue weighted by molar-refractivity contribution is 6.38. The third kappa shape index (κ3) is 7.97. The predicted molar refractivity (Wildman–Crippen MR) is 184 cm³/mol. The molecule has 0 radical (unpaired) electrons. The van der Waals surface area contributed by atoms with Gasteiger partial charge in [0.1, 0.15) is 12.1 Å². The molecule has 1 aromatic carbocycles. The zero-order valence-corrected chi connectivity index (χ0v) is 29.8. The van der Waals surface area contributed by atoms with Crippen molar-refractivity contribution in [3.63, 3.8) is 0 Å². The van der Waals surface area contributed by atoms with E-state index in [2.05, 4.69) is 21.1 Å². The van der Waals surface area contributed by atoms with Crippen molar-refractivity contribution in [2.24, 2.45) is 34.2 Å². The van der Waals surface area contributed by atoms with Crippen molar-refractivity contribution in [1.29, 1.82) is 0 Å². The van der Waals surface area contributed by atoms with Crippen LogP contribution >= 0.6 is 11.6 Å². The third-order valence-corrected chi connectivity index (χ3v) is 11.4. The zero-order chi connectivity index (χ0) is 35.1. The molecule has 49 heavy (non-hydrogen) atoms. The van der Waals surface area contributed by atoms with Crippen LogP contribution in [0.2, 0.25) is 5.02 Å². The number of ketones is 1. The molecule has 11 nitrogen and oxygen atoms in total. The van der Waals surface area contributed by atoms with Crippen molar-refractivity contribution in [3.8, 4) is 0 Å². The second-order valence-corrected chi connectivity index (χ2v) is 16.5. The summed E-state index contributed by atoms with van der Waals surface area (Å²) < 4.78 is 0. The summed E-state index contributed by atoms with van der Waals surface area (Å²) in [6, 6.07) is 4.34. The molecule has 0 aromatic heterocycles. The van der Waals surface area contributed by atoms with Gasteiger partial charge in [-0.15, -0.1) is 0 Å². The van der Waals surface area contributed by atoms with Gasteiger partial charge in [0.05, 0.1) is 18.3 Å². The van der Waals surface area contributed by atoms with Gasteiger partial charge in [0.25, 0.3) is 5.91 Å². The van der Waals surface area contributed by atoms with E-state index in [9.17, 15) is 24.0 Å². The van der Waals surface area contributed by atoms with E-state index in [-0.39, 0.29) is 36.6 Å². The van der Waals surface area contributed by atoms with Crippen LogP contribution in [0.5, 0.6) is 0 Å². The minimum absolute atomic E-state index is 0.0603. The van der Waals surface area contributed by atoms with Crippen LogP contribution in [0, 0.1) is 29.1 Å². The van der Waals surface area contributed by atoms with E-state index in [1.54, 1.807) is 12.1 Å². The maximum atomic E-state index is 14.7. The van der Waals surface area contributed by atoms with E-state index >= 15 is 0 Å². The molecule has 5 aliphatic rings. The molecule has 1 saturated heterocycles. The number of nitrogens with one attached hydrogen (secondary N) is 3. The Bertz CT molecular complexity index is 1510. The molecule has 6 rings (SSSR count). The van der Waals surface area contributed by atoms with Crippen molar-refractivity contribution >= 4 is 46.7 Å². The Labute approximate surface area is 293 Å². The Morgan fingerprint density at radius 3 is 2.43 bits per heavy atom. The first-order chi connectivity index (χ1) is 23.3. The van der Waals surface area contributed by atoms with Crippen LogP contribution in [0.3, 0.4) is 0 Å². The fourth-order valence-electron chi connectivity index (χ4n) is 8.08. The van der Waals surface area contributed by atoms with Crippen molar-refractivity contribution in [1.82, 2.24) is 20.9 Å². The lowest BCUT2D eigenvalue weighted by Gasteiger charge is -2.36. The van der Waals surface area contributed by atoms with Crippen molar-refractivity contribution < 1.29 is 28.8 Å². The van der Waals surface area contributed by atoms with Crippen LogP contribution in [-0.4, -0.2) is 77.3 Å². The lowest BCUT2D eigenvalue weighted by atomic mass is 9.84. The average molecular weight is 696 g/mol. The number of hydrogen-bond donors (Lipinski definition) is 3. The second-order valence-electron chi connectivity index (χ2n) is 16.1. The lowest BCUT2D eigenvalue weighted by molar-refractivity contribution is -0.145. The molecular weight excluding hydrogens is 646 g/mol. The summed E-state index contributed by atoms with van der Waals surface area (Å²) in [5.41, 5.74) is -0.226. The number of nitrogens with zero attached hydrogens (tertiary/aromatic N) is 2. The summed E-state index contributed by atoms with van der Waals surface area (Å²) in [4.78, 5) is 75.5. The highest BCUT2D eigenvalue weighted by Crippen LogP contribution is 2.50. The smallest absolute Gasteiger partial charge is 0.289 e. The summed E-state index contributed by atoms with van der Waals surface area (Å²) in [6.07, 6.45) is 9.50. The monoisotopic (exact) mass is 695 g/mol. The summed E-state index contributed by atoms with van der Waals surface area (Å²) in [7, 11) is 1.38. The number of carbonyl (C=O) groups is 5. The van der Waals surface area contributed by atoms with Crippen molar-refractivity contribution in [3.05, 3.63) is 34.9 Å². The molecule has 266 valence electrons. The van der Waals surface area contributed by atoms with Gasteiger partial charge in [-0.05, 0) is 48.1 Å². The van der Waals surface area contributed by atoms with Gasteiger partial charge in [0.2, 0.25) is 23.5 Å². The number of benzene rings is 1. The Hall–Kier alpha value is -3.47. The Morgan fingerprint density at radius 2 is 1.78 bits per heavy atom. The Morgan fingerprint density at radius 1 is 1.04 bits per heavy atom. The molecule has 2 aliphatic heterocycles. The second kappa shape index (κ2) is 14.0. The van der Waals surface area contributed by atoms with Gasteiger partial charge < -0.3 is 25.7 Å². The summed E-state index contributed by atoms with van der Waals surface area (Å²) in [5.74, 6) is -1.45. The van der Waals surface area contributed by atoms with E-state index in [1.165, 1.54) is 31.2 Å². The average Bonchev–Trinajstić information content (AvgIpc) is 4.00. The molecule has 1 aromatic rings. The molecule has 2 heterocycles. The van der Waals surface area contributed by atoms with E-state index in [1.807, 2.05) is 32.9 Å². The molecule has 1 unspecified atom stereocenters. The Balaban J connectivity index is 1.23. The number of Topliss-reactive ketones (excluding diaryl/α,β-unsaturated/α-hetero) is 1. The van der Waals surface area contributed by atoms with Crippen LogP contribution in [0.4, 0.5) is 0 Å². The number of oxime groups is 1. The number of amides is 4. The first kappa shape index (κ1) is 35.4. The van der Waals surface area contributed by atoms with Crippen LogP contribution < -0.4 is 16.0 Å². The van der Waals surface area contributed by atoms with Crippen molar-refractivity contribution in [2.45, 2.75) is 115 Å². The van der Waals surface area contributed by atoms with E-state index in [0.29, 0.717) is 35.4 Å².